The van der Waals surface area contributed by atoms with Crippen molar-refractivity contribution in [1.29, 1.82) is 0 Å². The third-order valence-electron chi connectivity index (χ3n) is 3.82. The van der Waals surface area contributed by atoms with Crippen molar-refractivity contribution < 1.29 is 9.59 Å². The van der Waals surface area contributed by atoms with Gasteiger partial charge in [0.1, 0.15) is 0 Å². The molecule has 3 rings (SSSR count). The van der Waals surface area contributed by atoms with Crippen molar-refractivity contribution in [2.75, 3.05) is 23.4 Å². The molecule has 25 heavy (non-hydrogen) atoms. The molecule has 0 aromatic heterocycles. The second-order valence-electron chi connectivity index (χ2n) is 5.55. The lowest BCUT2D eigenvalue weighted by Gasteiger charge is -2.12. The molecule has 1 fully saturated rings. The fourth-order valence-corrected chi connectivity index (χ4v) is 5.44. The minimum atomic E-state index is -0.213. The Hall–Kier alpha value is -1.92. The molecule has 1 aliphatic heterocycles. The zero-order valence-corrected chi connectivity index (χ0v) is 15.6. The number of anilines is 1. The second kappa shape index (κ2) is 8.45. The first-order chi connectivity index (χ1) is 12.2. The van der Waals surface area contributed by atoms with Crippen LogP contribution < -0.4 is 10.6 Å². The number of carbonyl (C=O) groups is 2. The Morgan fingerprint density at radius 2 is 1.68 bits per heavy atom. The zero-order chi connectivity index (χ0) is 17.6. The van der Waals surface area contributed by atoms with Gasteiger partial charge in [0.2, 0.25) is 0 Å². The first-order valence-electron chi connectivity index (χ1n) is 8.21. The zero-order valence-electron chi connectivity index (χ0n) is 14.0. The van der Waals surface area contributed by atoms with Gasteiger partial charge in [0.25, 0.3) is 11.8 Å². The van der Waals surface area contributed by atoms with Gasteiger partial charge in [0.15, 0.2) is 0 Å². The van der Waals surface area contributed by atoms with Crippen LogP contribution in [0.25, 0.3) is 0 Å². The summed E-state index contributed by atoms with van der Waals surface area (Å²) in [4.78, 5) is 24.6. The number of amides is 2. The summed E-state index contributed by atoms with van der Waals surface area (Å²) in [6.45, 7) is 2.40. The van der Waals surface area contributed by atoms with Gasteiger partial charge in [0, 0.05) is 23.6 Å². The Morgan fingerprint density at radius 3 is 2.36 bits per heavy atom. The number of hydrogen-bond donors (Lipinski definition) is 2. The molecule has 1 aliphatic rings. The average molecular weight is 373 g/mol. The van der Waals surface area contributed by atoms with Crippen LogP contribution in [0.3, 0.4) is 0 Å². The van der Waals surface area contributed by atoms with Gasteiger partial charge >= 0.3 is 0 Å². The molecule has 2 N–H and O–H groups in total. The molecule has 0 spiro atoms. The number of para-hydroxylation sites is 1. The second-order valence-corrected chi connectivity index (χ2v) is 8.28. The van der Waals surface area contributed by atoms with Crippen LogP contribution in [0.4, 0.5) is 5.69 Å². The van der Waals surface area contributed by atoms with Crippen LogP contribution >= 0.6 is 23.5 Å². The topological polar surface area (TPSA) is 58.2 Å². The molecule has 0 radical (unpaired) electrons. The van der Waals surface area contributed by atoms with E-state index in [1.807, 2.05) is 54.7 Å². The molecular formula is C19H20N2O2S2. The van der Waals surface area contributed by atoms with Gasteiger partial charge < -0.3 is 10.6 Å². The summed E-state index contributed by atoms with van der Waals surface area (Å²) in [7, 11) is 0. The predicted octanol–water partition coefficient (Wildman–Crippen LogP) is 4.17. The van der Waals surface area contributed by atoms with Crippen molar-refractivity contribution in [3.63, 3.8) is 0 Å². The Labute approximate surface area is 156 Å². The van der Waals surface area contributed by atoms with Crippen molar-refractivity contribution in [2.45, 2.75) is 11.5 Å². The molecule has 2 aromatic carbocycles. The molecule has 0 atom stereocenters. The molecule has 2 aromatic rings. The molecule has 0 saturated carbocycles. The summed E-state index contributed by atoms with van der Waals surface area (Å²) in [5.74, 6) is 1.95. The molecule has 2 amide bonds. The average Bonchev–Trinajstić information content (AvgIpc) is 3.17. The highest BCUT2D eigenvalue weighted by molar-refractivity contribution is 8.19. The van der Waals surface area contributed by atoms with Crippen molar-refractivity contribution in [1.82, 2.24) is 5.32 Å². The van der Waals surface area contributed by atoms with E-state index in [-0.39, 0.29) is 11.8 Å². The van der Waals surface area contributed by atoms with E-state index >= 15 is 0 Å². The van der Waals surface area contributed by atoms with Crippen LogP contribution in [0.15, 0.2) is 48.5 Å². The lowest BCUT2D eigenvalue weighted by molar-refractivity contribution is 0.0956. The van der Waals surface area contributed by atoms with E-state index < -0.39 is 0 Å². The highest BCUT2D eigenvalue weighted by Gasteiger charge is 2.19. The van der Waals surface area contributed by atoms with Gasteiger partial charge in [0.05, 0.1) is 15.8 Å². The van der Waals surface area contributed by atoms with E-state index in [9.17, 15) is 9.59 Å². The van der Waals surface area contributed by atoms with Crippen LogP contribution in [0, 0.1) is 0 Å². The minimum absolute atomic E-state index is 0.191. The number of rotatable bonds is 5. The Balaban J connectivity index is 1.73. The lowest BCUT2D eigenvalue weighted by Crippen LogP contribution is -2.24. The fourth-order valence-electron chi connectivity index (χ4n) is 2.58. The lowest BCUT2D eigenvalue weighted by atomic mass is 10.1. The maximum absolute atomic E-state index is 12.5. The summed E-state index contributed by atoms with van der Waals surface area (Å²) >= 11 is 3.88. The standard InChI is InChI=1S/C19H20N2O2S2/c1-2-20-18(23)15-5-3-4-6-16(15)21-17(22)13-7-9-14(10-8-13)19-24-11-12-25-19/h3-10,19H,2,11-12H2,1H3,(H,20,23)(H,21,22). The van der Waals surface area contributed by atoms with E-state index in [0.717, 1.165) is 0 Å². The number of nitrogens with one attached hydrogen (secondary N) is 2. The fraction of sp³-hybridized carbons (Fsp3) is 0.263. The first kappa shape index (κ1) is 17.9. The summed E-state index contributed by atoms with van der Waals surface area (Å²) in [5, 5.41) is 5.60. The van der Waals surface area contributed by atoms with Crippen LogP contribution in [0.5, 0.6) is 0 Å². The predicted molar refractivity (Wildman–Crippen MR) is 107 cm³/mol. The highest BCUT2D eigenvalue weighted by atomic mass is 32.2. The molecule has 0 unspecified atom stereocenters. The third-order valence-corrected chi connectivity index (χ3v) is 6.93. The molecule has 1 heterocycles. The summed E-state index contributed by atoms with van der Waals surface area (Å²) in [5.41, 5.74) is 2.81. The number of hydrogen-bond acceptors (Lipinski definition) is 4. The molecule has 1 saturated heterocycles. The molecule has 130 valence electrons. The van der Waals surface area contributed by atoms with E-state index in [0.29, 0.717) is 27.9 Å². The molecule has 0 aliphatic carbocycles. The van der Waals surface area contributed by atoms with Gasteiger partial charge in [-0.1, -0.05) is 24.3 Å². The van der Waals surface area contributed by atoms with Crippen molar-refractivity contribution >= 4 is 41.0 Å². The normalized spacial score (nSPS) is 14.3. The maximum atomic E-state index is 12.5. The van der Waals surface area contributed by atoms with E-state index in [2.05, 4.69) is 10.6 Å². The largest absolute Gasteiger partial charge is 0.352 e. The monoisotopic (exact) mass is 372 g/mol. The number of thioether (sulfide) groups is 2. The van der Waals surface area contributed by atoms with Gasteiger partial charge in [-0.05, 0) is 36.8 Å². The van der Waals surface area contributed by atoms with Gasteiger partial charge in [-0.25, -0.2) is 0 Å². The van der Waals surface area contributed by atoms with Crippen LogP contribution in [-0.2, 0) is 0 Å². The summed E-state index contributed by atoms with van der Waals surface area (Å²) < 4.78 is 0.468. The Kier molecular flexibility index (Phi) is 6.04. The maximum Gasteiger partial charge on any atom is 0.255 e. The summed E-state index contributed by atoms with van der Waals surface area (Å²) in [6.07, 6.45) is 0. The molecule has 0 bridgehead atoms. The Morgan fingerprint density at radius 1 is 1.00 bits per heavy atom. The van der Waals surface area contributed by atoms with Gasteiger partial charge in [-0.2, -0.15) is 0 Å². The van der Waals surface area contributed by atoms with E-state index in [4.69, 9.17) is 0 Å². The van der Waals surface area contributed by atoms with E-state index in [1.165, 1.54) is 17.1 Å². The van der Waals surface area contributed by atoms with Crippen LogP contribution in [-0.4, -0.2) is 29.9 Å². The summed E-state index contributed by atoms with van der Waals surface area (Å²) in [6, 6.07) is 14.8. The first-order valence-corrected chi connectivity index (χ1v) is 10.3. The highest BCUT2D eigenvalue weighted by Crippen LogP contribution is 2.45. The Bertz CT molecular complexity index is 756. The third kappa shape index (κ3) is 4.38. The number of benzene rings is 2. The van der Waals surface area contributed by atoms with Gasteiger partial charge in [-0.3, -0.25) is 9.59 Å². The van der Waals surface area contributed by atoms with Crippen molar-refractivity contribution in [3.05, 3.63) is 65.2 Å². The molecular weight excluding hydrogens is 352 g/mol. The van der Waals surface area contributed by atoms with E-state index in [1.54, 1.807) is 24.3 Å². The molecule has 6 heteroatoms. The van der Waals surface area contributed by atoms with Gasteiger partial charge in [-0.15, -0.1) is 23.5 Å². The SMILES string of the molecule is CCNC(=O)c1ccccc1NC(=O)c1ccc(C2SCCS2)cc1. The van der Waals surface area contributed by atoms with Crippen LogP contribution in [0.1, 0.15) is 37.8 Å². The molecule has 4 nitrogen and oxygen atoms in total. The quantitative estimate of drug-likeness (QED) is 0.827. The van der Waals surface area contributed by atoms with Crippen molar-refractivity contribution in [3.8, 4) is 0 Å². The smallest absolute Gasteiger partial charge is 0.255 e. The number of carbonyl (C=O) groups excluding carboxylic acids is 2. The van der Waals surface area contributed by atoms with Crippen molar-refractivity contribution in [2.24, 2.45) is 0 Å². The minimum Gasteiger partial charge on any atom is -0.352 e. The van der Waals surface area contributed by atoms with Crippen LogP contribution in [0.2, 0.25) is 0 Å².